The van der Waals surface area contributed by atoms with Gasteiger partial charge in [0, 0.05) is 24.1 Å². The molecule has 0 saturated carbocycles. The largest absolute Gasteiger partial charge is 0.507 e. The fraction of sp³-hybridized carbons (Fsp3) is 0.333. The number of aromatic nitrogens is 1. The summed E-state index contributed by atoms with van der Waals surface area (Å²) < 4.78 is 7.03. The fourth-order valence-electron chi connectivity index (χ4n) is 2.95. The Balaban J connectivity index is 1.91. The van der Waals surface area contributed by atoms with Gasteiger partial charge in [-0.25, -0.2) is 0 Å². The average Bonchev–Trinajstić information content (AvgIpc) is 3.08. The number of anilines is 1. The quantitative estimate of drug-likeness (QED) is 0.826. The first-order valence-corrected chi connectivity index (χ1v) is 8.94. The summed E-state index contributed by atoms with van der Waals surface area (Å²) in [7, 11) is 0. The molecule has 2 N–H and O–H groups in total. The van der Waals surface area contributed by atoms with Crippen LogP contribution < -0.4 is 10.9 Å². The van der Waals surface area contributed by atoms with Crippen LogP contribution >= 0.6 is 23.2 Å². The van der Waals surface area contributed by atoms with Crippen molar-refractivity contribution in [1.29, 1.82) is 0 Å². The molecule has 1 aromatic carbocycles. The van der Waals surface area contributed by atoms with E-state index in [0.29, 0.717) is 29.6 Å². The van der Waals surface area contributed by atoms with Gasteiger partial charge in [0.1, 0.15) is 11.3 Å². The Morgan fingerprint density at radius 1 is 1.35 bits per heavy atom. The predicted molar refractivity (Wildman–Crippen MR) is 100 cm³/mol. The molecule has 0 spiro atoms. The van der Waals surface area contributed by atoms with Crippen LogP contribution in [0.5, 0.6) is 5.75 Å². The molecule has 6 nitrogen and oxygen atoms in total. The third kappa shape index (κ3) is 3.87. The number of nitrogens with zero attached hydrogens (tertiary/aromatic N) is 1. The summed E-state index contributed by atoms with van der Waals surface area (Å²) in [6.07, 6.45) is 1.74. The zero-order chi connectivity index (χ0) is 18.8. The van der Waals surface area contributed by atoms with Gasteiger partial charge >= 0.3 is 0 Å². The van der Waals surface area contributed by atoms with E-state index in [4.69, 9.17) is 27.9 Å². The molecule has 2 aromatic rings. The van der Waals surface area contributed by atoms with E-state index in [1.54, 1.807) is 13.0 Å². The molecule has 138 valence electrons. The normalized spacial score (nSPS) is 16.7. The number of halogens is 2. The van der Waals surface area contributed by atoms with Crippen LogP contribution in [0.15, 0.2) is 29.1 Å². The molecule has 0 aliphatic carbocycles. The zero-order valence-corrected chi connectivity index (χ0v) is 15.6. The molecule has 1 fully saturated rings. The second-order valence-electron chi connectivity index (χ2n) is 6.18. The number of carbonyl (C=O) groups is 1. The first-order chi connectivity index (χ1) is 12.4. The minimum absolute atomic E-state index is 0.0677. The van der Waals surface area contributed by atoms with E-state index in [0.717, 1.165) is 12.8 Å². The number of rotatable bonds is 4. The Hall–Kier alpha value is -2.02. The minimum Gasteiger partial charge on any atom is -0.507 e. The Labute approximate surface area is 160 Å². The highest BCUT2D eigenvalue weighted by Crippen LogP contribution is 2.26. The number of pyridine rings is 1. The van der Waals surface area contributed by atoms with Gasteiger partial charge in [-0.1, -0.05) is 23.2 Å². The first-order valence-electron chi connectivity index (χ1n) is 8.18. The number of ether oxygens (including phenoxy) is 1. The standard InChI is InChI=1S/C18H18Cl2N2O4/c1-10-7-15(23)16(18(25)22(10)9-12-3-2-6-26-12)17(24)21-11-4-5-13(19)14(20)8-11/h4-5,7-8,12,23H,2-3,6,9H2,1H3,(H,21,24)/t12-/m1/s1. The van der Waals surface area contributed by atoms with Crippen molar-refractivity contribution in [2.45, 2.75) is 32.4 Å². The summed E-state index contributed by atoms with van der Waals surface area (Å²) in [4.78, 5) is 25.4. The number of nitrogens with one attached hydrogen (secondary N) is 1. The molecule has 8 heteroatoms. The number of benzene rings is 1. The van der Waals surface area contributed by atoms with Gasteiger partial charge in [-0.3, -0.25) is 9.59 Å². The third-order valence-electron chi connectivity index (χ3n) is 4.30. The molecule has 0 bridgehead atoms. The van der Waals surface area contributed by atoms with Crippen molar-refractivity contribution in [3.8, 4) is 5.75 Å². The second-order valence-corrected chi connectivity index (χ2v) is 6.99. The van der Waals surface area contributed by atoms with E-state index >= 15 is 0 Å². The minimum atomic E-state index is -0.716. The van der Waals surface area contributed by atoms with Crippen molar-refractivity contribution >= 4 is 34.8 Å². The zero-order valence-electron chi connectivity index (χ0n) is 14.1. The van der Waals surface area contributed by atoms with E-state index in [2.05, 4.69) is 5.32 Å². The molecule has 1 saturated heterocycles. The number of amides is 1. The van der Waals surface area contributed by atoms with E-state index < -0.39 is 11.5 Å². The molecule has 1 aromatic heterocycles. The van der Waals surface area contributed by atoms with Crippen molar-refractivity contribution in [2.75, 3.05) is 11.9 Å². The van der Waals surface area contributed by atoms with E-state index in [1.807, 2.05) is 0 Å². The maximum Gasteiger partial charge on any atom is 0.267 e. The van der Waals surface area contributed by atoms with Gasteiger partial charge in [0.25, 0.3) is 11.5 Å². The summed E-state index contributed by atoms with van der Waals surface area (Å²) >= 11 is 11.8. The molecule has 1 aliphatic heterocycles. The van der Waals surface area contributed by atoms with Crippen LogP contribution in [-0.2, 0) is 11.3 Å². The summed E-state index contributed by atoms with van der Waals surface area (Å²) in [6.45, 7) is 2.72. The molecule has 0 radical (unpaired) electrons. The van der Waals surface area contributed by atoms with Crippen molar-refractivity contribution < 1.29 is 14.6 Å². The molecular formula is C18H18Cl2N2O4. The predicted octanol–water partition coefficient (Wildman–Crippen LogP) is 3.60. The van der Waals surface area contributed by atoms with Crippen LogP contribution in [0, 0.1) is 6.92 Å². The van der Waals surface area contributed by atoms with Gasteiger partial charge in [0.2, 0.25) is 0 Å². The van der Waals surface area contributed by atoms with Crippen LogP contribution in [-0.4, -0.2) is 28.3 Å². The number of aromatic hydroxyl groups is 1. The lowest BCUT2D eigenvalue weighted by atomic mass is 10.1. The third-order valence-corrected chi connectivity index (χ3v) is 5.04. The van der Waals surface area contributed by atoms with E-state index in [-0.39, 0.29) is 22.4 Å². The molecule has 0 unspecified atom stereocenters. The highest BCUT2D eigenvalue weighted by atomic mass is 35.5. The highest BCUT2D eigenvalue weighted by molar-refractivity contribution is 6.42. The van der Waals surface area contributed by atoms with Crippen molar-refractivity contribution in [1.82, 2.24) is 4.57 Å². The Morgan fingerprint density at radius 2 is 2.12 bits per heavy atom. The van der Waals surface area contributed by atoms with Crippen LogP contribution in [0.2, 0.25) is 10.0 Å². The van der Waals surface area contributed by atoms with Crippen molar-refractivity contribution in [3.63, 3.8) is 0 Å². The molecule has 1 amide bonds. The number of hydrogen-bond acceptors (Lipinski definition) is 4. The van der Waals surface area contributed by atoms with Gasteiger partial charge in [0.05, 0.1) is 22.7 Å². The second kappa shape index (κ2) is 7.70. The SMILES string of the molecule is Cc1cc(O)c(C(=O)Nc2ccc(Cl)c(Cl)c2)c(=O)n1C[C@H]1CCCO1. The van der Waals surface area contributed by atoms with Crippen molar-refractivity contribution in [2.24, 2.45) is 0 Å². The van der Waals surface area contributed by atoms with Gasteiger partial charge < -0.3 is 19.7 Å². The monoisotopic (exact) mass is 396 g/mol. The van der Waals surface area contributed by atoms with E-state index in [1.165, 1.54) is 22.8 Å². The summed E-state index contributed by atoms with van der Waals surface area (Å²) in [5.41, 5.74) is 0.0544. The summed E-state index contributed by atoms with van der Waals surface area (Å²) in [6, 6.07) is 5.96. The van der Waals surface area contributed by atoms with Crippen LogP contribution in [0.4, 0.5) is 5.69 Å². The lowest BCUT2D eigenvalue weighted by molar-refractivity contribution is 0.0946. The smallest absolute Gasteiger partial charge is 0.267 e. The maximum absolute atomic E-state index is 12.8. The molecule has 2 heterocycles. The van der Waals surface area contributed by atoms with Crippen LogP contribution in [0.25, 0.3) is 0 Å². The topological polar surface area (TPSA) is 80.6 Å². The summed E-state index contributed by atoms with van der Waals surface area (Å²) in [5, 5.41) is 13.3. The Bertz CT molecular complexity index is 905. The van der Waals surface area contributed by atoms with Crippen molar-refractivity contribution in [3.05, 3.63) is 55.9 Å². The number of hydrogen-bond donors (Lipinski definition) is 2. The lowest BCUT2D eigenvalue weighted by Crippen LogP contribution is -2.33. The first kappa shape index (κ1) is 18.8. The Morgan fingerprint density at radius 3 is 2.77 bits per heavy atom. The fourth-order valence-corrected chi connectivity index (χ4v) is 3.25. The molecule has 1 aliphatic rings. The van der Waals surface area contributed by atoms with Gasteiger partial charge in [-0.2, -0.15) is 0 Å². The Kier molecular flexibility index (Phi) is 5.55. The maximum atomic E-state index is 12.8. The molecule has 1 atom stereocenters. The lowest BCUT2D eigenvalue weighted by Gasteiger charge is -2.17. The van der Waals surface area contributed by atoms with Gasteiger partial charge in [0.15, 0.2) is 0 Å². The average molecular weight is 397 g/mol. The van der Waals surface area contributed by atoms with Gasteiger partial charge in [-0.15, -0.1) is 0 Å². The number of aryl methyl sites for hydroxylation is 1. The number of carbonyl (C=O) groups excluding carboxylic acids is 1. The molecular weight excluding hydrogens is 379 g/mol. The van der Waals surface area contributed by atoms with Crippen LogP contribution in [0.1, 0.15) is 28.9 Å². The highest BCUT2D eigenvalue weighted by Gasteiger charge is 2.23. The van der Waals surface area contributed by atoms with E-state index in [9.17, 15) is 14.7 Å². The molecule has 3 rings (SSSR count). The van der Waals surface area contributed by atoms with Crippen LogP contribution in [0.3, 0.4) is 0 Å². The van der Waals surface area contributed by atoms with Gasteiger partial charge in [-0.05, 0) is 38.0 Å². The summed E-state index contributed by atoms with van der Waals surface area (Å²) in [5.74, 6) is -1.08. The molecule has 26 heavy (non-hydrogen) atoms.